The molecule has 2 aromatic heterocycles. The lowest BCUT2D eigenvalue weighted by Crippen LogP contribution is -2.29. The van der Waals surface area contributed by atoms with Gasteiger partial charge in [-0.05, 0) is 47.8 Å². The predicted molar refractivity (Wildman–Crippen MR) is 104 cm³/mol. The molecule has 3 aliphatic rings. The zero-order chi connectivity index (χ0) is 19.1. The molecule has 0 spiro atoms. The minimum Gasteiger partial charge on any atom is -0.342 e. The number of anilines is 1. The SMILES string of the molecule is O=C1CCc2cc(CCC(=O)N3CC4C=C(c5cn[nH]c5)CC4C3)cnc2N1. The van der Waals surface area contributed by atoms with Crippen LogP contribution in [0, 0.1) is 11.8 Å². The number of aromatic amines is 1. The number of likely N-dealkylation sites (tertiary alicyclic amines) is 1. The van der Waals surface area contributed by atoms with Gasteiger partial charge in [-0.3, -0.25) is 14.7 Å². The second kappa shape index (κ2) is 6.89. The van der Waals surface area contributed by atoms with Crippen molar-refractivity contribution in [2.24, 2.45) is 11.8 Å². The molecule has 2 unspecified atom stereocenters. The van der Waals surface area contributed by atoms with Crippen molar-refractivity contribution >= 4 is 23.2 Å². The first kappa shape index (κ1) is 17.2. The molecule has 7 heteroatoms. The maximum atomic E-state index is 12.7. The summed E-state index contributed by atoms with van der Waals surface area (Å²) in [6.07, 6.45) is 11.3. The van der Waals surface area contributed by atoms with Crippen molar-refractivity contribution in [1.29, 1.82) is 0 Å². The van der Waals surface area contributed by atoms with Crippen molar-refractivity contribution in [3.63, 3.8) is 0 Å². The van der Waals surface area contributed by atoms with E-state index in [1.54, 1.807) is 6.20 Å². The van der Waals surface area contributed by atoms with Crippen LogP contribution >= 0.6 is 0 Å². The highest BCUT2D eigenvalue weighted by Crippen LogP contribution is 2.40. The number of pyridine rings is 1. The fourth-order valence-corrected chi connectivity index (χ4v) is 4.61. The van der Waals surface area contributed by atoms with Crippen molar-refractivity contribution in [3.8, 4) is 0 Å². The number of nitrogens with zero attached hydrogens (tertiary/aromatic N) is 3. The van der Waals surface area contributed by atoms with Crippen LogP contribution in [0.15, 0.2) is 30.7 Å². The van der Waals surface area contributed by atoms with Crippen molar-refractivity contribution in [2.45, 2.75) is 32.1 Å². The molecular weight excluding hydrogens is 354 g/mol. The number of amides is 2. The standard InChI is InChI=1S/C21H23N5O2/c27-19-3-2-14-5-13(8-22-21(14)25-19)1-4-20(28)26-11-16-6-15(7-17(16)12-26)18-9-23-24-10-18/h5-6,8-10,16-17H,1-4,7,11-12H2,(H,23,24)(H,22,25,27). The molecule has 2 aliphatic heterocycles. The number of carbonyl (C=O) groups is 2. The topological polar surface area (TPSA) is 91.0 Å². The van der Waals surface area contributed by atoms with Gasteiger partial charge < -0.3 is 10.2 Å². The van der Waals surface area contributed by atoms with E-state index in [1.165, 1.54) is 11.1 Å². The van der Waals surface area contributed by atoms with Gasteiger partial charge in [0.25, 0.3) is 0 Å². The summed E-state index contributed by atoms with van der Waals surface area (Å²) >= 11 is 0. The van der Waals surface area contributed by atoms with Crippen LogP contribution in [0.3, 0.4) is 0 Å². The molecular formula is C21H23N5O2. The second-order valence-electron chi connectivity index (χ2n) is 8.01. The largest absolute Gasteiger partial charge is 0.342 e. The van der Waals surface area contributed by atoms with Crippen LogP contribution in [-0.4, -0.2) is 45.0 Å². The second-order valence-corrected chi connectivity index (χ2v) is 8.01. The summed E-state index contributed by atoms with van der Waals surface area (Å²) in [4.78, 5) is 30.5. The number of aromatic nitrogens is 3. The quantitative estimate of drug-likeness (QED) is 0.854. The van der Waals surface area contributed by atoms with E-state index in [9.17, 15) is 9.59 Å². The van der Waals surface area contributed by atoms with Crippen molar-refractivity contribution in [2.75, 3.05) is 18.4 Å². The first-order valence-corrected chi connectivity index (χ1v) is 9.91. The smallest absolute Gasteiger partial charge is 0.225 e. The summed E-state index contributed by atoms with van der Waals surface area (Å²) in [5.41, 5.74) is 4.65. The number of hydrogen-bond donors (Lipinski definition) is 2. The van der Waals surface area contributed by atoms with Gasteiger partial charge in [-0.1, -0.05) is 12.1 Å². The fraction of sp³-hybridized carbons (Fsp3) is 0.429. The highest BCUT2D eigenvalue weighted by molar-refractivity contribution is 5.92. The predicted octanol–water partition coefficient (Wildman–Crippen LogP) is 2.18. The number of nitrogens with one attached hydrogen (secondary N) is 2. The van der Waals surface area contributed by atoms with E-state index < -0.39 is 0 Å². The summed E-state index contributed by atoms with van der Waals surface area (Å²) in [6.45, 7) is 1.66. The van der Waals surface area contributed by atoms with Gasteiger partial charge >= 0.3 is 0 Å². The van der Waals surface area contributed by atoms with E-state index in [0.29, 0.717) is 36.9 Å². The Labute approximate surface area is 163 Å². The van der Waals surface area contributed by atoms with Crippen molar-refractivity contribution < 1.29 is 9.59 Å². The van der Waals surface area contributed by atoms with E-state index in [0.717, 1.165) is 37.1 Å². The molecule has 4 heterocycles. The zero-order valence-corrected chi connectivity index (χ0v) is 15.6. The lowest BCUT2D eigenvalue weighted by Gasteiger charge is -2.18. The van der Waals surface area contributed by atoms with Gasteiger partial charge in [0.2, 0.25) is 11.8 Å². The van der Waals surface area contributed by atoms with Crippen LogP contribution in [0.4, 0.5) is 5.82 Å². The van der Waals surface area contributed by atoms with Gasteiger partial charge in [-0.25, -0.2) is 4.98 Å². The molecule has 0 radical (unpaired) electrons. The van der Waals surface area contributed by atoms with Gasteiger partial charge in [0.05, 0.1) is 6.20 Å². The number of aryl methyl sites for hydroxylation is 2. The number of rotatable bonds is 4. The molecule has 0 bridgehead atoms. The monoisotopic (exact) mass is 377 g/mol. The first-order chi connectivity index (χ1) is 13.7. The molecule has 2 N–H and O–H groups in total. The number of carbonyl (C=O) groups excluding carboxylic acids is 2. The third-order valence-electron chi connectivity index (χ3n) is 6.14. The normalized spacial score (nSPS) is 23.2. The minimum atomic E-state index is 0.0208. The van der Waals surface area contributed by atoms with E-state index >= 15 is 0 Å². The molecule has 1 saturated heterocycles. The summed E-state index contributed by atoms with van der Waals surface area (Å²) in [6, 6.07) is 2.08. The first-order valence-electron chi connectivity index (χ1n) is 9.91. The third-order valence-corrected chi connectivity index (χ3v) is 6.14. The summed E-state index contributed by atoms with van der Waals surface area (Å²) in [7, 11) is 0. The van der Waals surface area contributed by atoms with Crippen LogP contribution < -0.4 is 5.32 Å². The lowest BCUT2D eigenvalue weighted by atomic mass is 9.99. The molecule has 7 nitrogen and oxygen atoms in total. The van der Waals surface area contributed by atoms with Crippen LogP contribution in [0.1, 0.15) is 36.0 Å². The maximum Gasteiger partial charge on any atom is 0.225 e. The average Bonchev–Trinajstić information content (AvgIpc) is 3.41. The molecule has 1 fully saturated rings. The number of fused-ring (bicyclic) bond motifs is 2. The Morgan fingerprint density at radius 2 is 2.18 bits per heavy atom. The minimum absolute atomic E-state index is 0.0208. The summed E-state index contributed by atoms with van der Waals surface area (Å²) in [5.74, 6) is 1.90. The summed E-state index contributed by atoms with van der Waals surface area (Å²) < 4.78 is 0. The number of H-pyrrole nitrogens is 1. The molecule has 144 valence electrons. The highest BCUT2D eigenvalue weighted by Gasteiger charge is 2.38. The zero-order valence-electron chi connectivity index (χ0n) is 15.6. The molecule has 0 saturated carbocycles. The van der Waals surface area contributed by atoms with E-state index in [1.807, 2.05) is 17.3 Å². The third kappa shape index (κ3) is 3.21. The van der Waals surface area contributed by atoms with Crippen LogP contribution in [0.5, 0.6) is 0 Å². The van der Waals surface area contributed by atoms with Crippen molar-refractivity contribution in [3.05, 3.63) is 47.4 Å². The van der Waals surface area contributed by atoms with E-state index in [2.05, 4.69) is 32.6 Å². The fourth-order valence-electron chi connectivity index (χ4n) is 4.61. The Morgan fingerprint density at radius 3 is 3.00 bits per heavy atom. The molecule has 1 aliphatic carbocycles. The highest BCUT2D eigenvalue weighted by atomic mass is 16.2. The van der Waals surface area contributed by atoms with E-state index in [-0.39, 0.29) is 11.8 Å². The van der Waals surface area contributed by atoms with Crippen molar-refractivity contribution in [1.82, 2.24) is 20.1 Å². The Hall–Kier alpha value is -2.96. The Balaban J connectivity index is 1.17. The van der Waals surface area contributed by atoms with Gasteiger partial charge in [0, 0.05) is 43.9 Å². The molecule has 2 amide bonds. The van der Waals surface area contributed by atoms with Crippen LogP contribution in [-0.2, 0) is 22.4 Å². The van der Waals surface area contributed by atoms with Gasteiger partial charge in [0.1, 0.15) is 5.82 Å². The van der Waals surface area contributed by atoms with Gasteiger partial charge in [-0.15, -0.1) is 0 Å². The van der Waals surface area contributed by atoms with E-state index in [4.69, 9.17) is 0 Å². The van der Waals surface area contributed by atoms with Crippen LogP contribution in [0.25, 0.3) is 5.57 Å². The maximum absolute atomic E-state index is 12.7. The molecule has 5 rings (SSSR count). The molecule has 0 aromatic carbocycles. The molecule has 2 aromatic rings. The lowest BCUT2D eigenvalue weighted by molar-refractivity contribution is -0.130. The van der Waals surface area contributed by atoms with Gasteiger partial charge in [0.15, 0.2) is 0 Å². The van der Waals surface area contributed by atoms with Crippen LogP contribution in [0.2, 0.25) is 0 Å². The average molecular weight is 377 g/mol. The number of allylic oxidation sites excluding steroid dienone is 1. The molecule has 28 heavy (non-hydrogen) atoms. The van der Waals surface area contributed by atoms with Gasteiger partial charge in [-0.2, -0.15) is 5.10 Å². The number of hydrogen-bond acceptors (Lipinski definition) is 4. The summed E-state index contributed by atoms with van der Waals surface area (Å²) in [5, 5.41) is 9.70. The Bertz CT molecular complexity index is 950. The Kier molecular flexibility index (Phi) is 4.22. The molecule has 2 atom stereocenters. The Morgan fingerprint density at radius 1 is 1.25 bits per heavy atom.